The maximum atomic E-state index is 13.0. The molecule has 6 nitrogen and oxygen atoms in total. The van der Waals surface area contributed by atoms with Crippen LogP contribution in [0.1, 0.15) is 49.2 Å². The molecule has 7 heteroatoms. The molecule has 2 aliphatic carbocycles. The van der Waals surface area contributed by atoms with Gasteiger partial charge in [0.1, 0.15) is 5.15 Å². The van der Waals surface area contributed by atoms with Crippen LogP contribution in [0.2, 0.25) is 5.15 Å². The Hall–Kier alpha value is -1.82. The van der Waals surface area contributed by atoms with E-state index in [1.54, 1.807) is 0 Å². The van der Waals surface area contributed by atoms with Crippen molar-refractivity contribution in [3.8, 4) is 0 Å². The third-order valence-corrected chi connectivity index (χ3v) is 5.39. The predicted molar refractivity (Wildman–Crippen MR) is 92.1 cm³/mol. The van der Waals surface area contributed by atoms with Gasteiger partial charge in [-0.15, -0.1) is 0 Å². The van der Waals surface area contributed by atoms with Crippen molar-refractivity contribution in [1.82, 2.24) is 19.4 Å². The number of carbonyl (C=O) groups excluding carboxylic acids is 1. The van der Waals surface area contributed by atoms with Crippen molar-refractivity contribution >= 4 is 28.5 Å². The topological polar surface area (TPSA) is 68.9 Å². The average molecular weight is 352 g/mol. The third kappa shape index (κ3) is 2.53. The largest absolute Gasteiger partial charge is 0.351 e. The number of hydrogen-bond acceptors (Lipinski definition) is 3. The smallest absolute Gasteiger partial charge is 0.329 e. The molecular formula is C17H21ClN4O2. The fourth-order valence-corrected chi connectivity index (χ4v) is 3.89. The van der Waals surface area contributed by atoms with Crippen molar-refractivity contribution in [2.45, 2.75) is 50.6 Å². The van der Waals surface area contributed by atoms with E-state index in [0.717, 1.165) is 23.8 Å². The Morgan fingerprint density at radius 1 is 1.46 bits per heavy atom. The normalized spacial score (nSPS) is 29.2. The number of carbonyl (C=O) groups is 1. The number of pyridine rings is 1. The average Bonchev–Trinajstić information content (AvgIpc) is 3.27. The predicted octanol–water partition coefficient (Wildman–Crippen LogP) is 2.40. The second-order valence-electron chi connectivity index (χ2n) is 7.20. The second-order valence-corrected chi connectivity index (χ2v) is 7.59. The van der Waals surface area contributed by atoms with E-state index in [1.807, 2.05) is 6.92 Å². The highest BCUT2D eigenvalue weighted by molar-refractivity contribution is 6.29. The summed E-state index contributed by atoms with van der Waals surface area (Å²) in [6.45, 7) is -0.631. The minimum Gasteiger partial charge on any atom is -0.351 e. The summed E-state index contributed by atoms with van der Waals surface area (Å²) in [6.07, 6.45) is 5.14. The van der Waals surface area contributed by atoms with Crippen molar-refractivity contribution in [2.24, 2.45) is 12.9 Å². The Labute approximate surface area is 149 Å². The number of rotatable bonds is 3. The molecular weight excluding hydrogens is 328 g/mol. The Morgan fingerprint density at radius 3 is 2.96 bits per heavy atom. The zero-order valence-electron chi connectivity index (χ0n) is 16.4. The molecule has 0 unspecified atom stereocenters. The molecule has 0 saturated heterocycles. The quantitative estimate of drug-likeness (QED) is 0.863. The summed E-state index contributed by atoms with van der Waals surface area (Å²) in [7, 11) is 0. The van der Waals surface area contributed by atoms with E-state index in [4.69, 9.17) is 15.7 Å². The molecule has 2 atom stereocenters. The Kier molecular flexibility index (Phi) is 2.79. The van der Waals surface area contributed by atoms with Crippen LogP contribution in [-0.4, -0.2) is 25.6 Å². The second kappa shape index (κ2) is 5.34. The van der Waals surface area contributed by atoms with Crippen molar-refractivity contribution in [1.29, 1.82) is 0 Å². The highest BCUT2D eigenvalue weighted by Crippen LogP contribution is 2.39. The van der Waals surface area contributed by atoms with Crippen molar-refractivity contribution in [2.75, 3.05) is 0 Å². The number of nitrogens with zero attached hydrogens (tertiary/aromatic N) is 3. The van der Waals surface area contributed by atoms with Gasteiger partial charge in [0.15, 0.2) is 0 Å². The molecule has 1 amide bonds. The van der Waals surface area contributed by atoms with Gasteiger partial charge in [-0.2, -0.15) is 0 Å². The first-order valence-corrected chi connectivity index (χ1v) is 8.58. The Bertz CT molecular complexity index is 979. The first-order chi connectivity index (χ1) is 12.6. The molecule has 2 aromatic heterocycles. The molecule has 0 aromatic carbocycles. The van der Waals surface area contributed by atoms with Crippen molar-refractivity contribution in [3.05, 3.63) is 27.9 Å². The molecule has 4 rings (SSSR count). The van der Waals surface area contributed by atoms with Gasteiger partial charge in [-0.25, -0.2) is 9.78 Å². The SMILES string of the molecule is [2H]C([2H])([2H])n1c(=O)n([C@@H]2CC[C@](C)(NC(=O)C3CC3)C2)c2cc(Cl)ncc21. The maximum absolute atomic E-state index is 13.0. The van der Waals surface area contributed by atoms with Crippen LogP contribution in [0.5, 0.6) is 0 Å². The zero-order chi connectivity index (χ0) is 19.6. The fourth-order valence-electron chi connectivity index (χ4n) is 3.73. The lowest BCUT2D eigenvalue weighted by atomic mass is 10.00. The van der Waals surface area contributed by atoms with Crippen LogP contribution in [0.25, 0.3) is 11.0 Å². The Balaban J connectivity index is 1.74. The third-order valence-electron chi connectivity index (χ3n) is 5.18. The minimum absolute atomic E-state index is 0.0719. The Morgan fingerprint density at radius 2 is 2.25 bits per heavy atom. The van der Waals surface area contributed by atoms with Gasteiger partial charge >= 0.3 is 5.69 Å². The number of fused-ring (bicyclic) bond motifs is 1. The summed E-state index contributed by atoms with van der Waals surface area (Å²) >= 11 is 6.01. The van der Waals surface area contributed by atoms with Crippen LogP contribution in [0.3, 0.4) is 0 Å². The highest BCUT2D eigenvalue weighted by Gasteiger charge is 2.41. The van der Waals surface area contributed by atoms with Crippen LogP contribution < -0.4 is 11.0 Å². The van der Waals surface area contributed by atoms with E-state index in [-0.39, 0.29) is 28.5 Å². The van der Waals surface area contributed by atoms with Gasteiger partial charge in [0.2, 0.25) is 5.91 Å². The van der Waals surface area contributed by atoms with Gasteiger partial charge in [0, 0.05) is 34.7 Å². The van der Waals surface area contributed by atoms with Crippen molar-refractivity contribution < 1.29 is 8.91 Å². The van der Waals surface area contributed by atoms with Crippen LogP contribution in [-0.2, 0) is 11.8 Å². The van der Waals surface area contributed by atoms with Gasteiger partial charge in [0.05, 0.1) is 17.2 Å². The maximum Gasteiger partial charge on any atom is 0.329 e. The highest BCUT2D eigenvalue weighted by atomic mass is 35.5. The van der Waals surface area contributed by atoms with Gasteiger partial charge < -0.3 is 5.32 Å². The van der Waals surface area contributed by atoms with Crippen LogP contribution in [0.4, 0.5) is 0 Å². The summed E-state index contributed by atoms with van der Waals surface area (Å²) < 4.78 is 25.5. The van der Waals surface area contributed by atoms with Crippen LogP contribution >= 0.6 is 11.6 Å². The van der Waals surface area contributed by atoms with E-state index >= 15 is 0 Å². The first-order valence-electron chi connectivity index (χ1n) is 9.70. The molecule has 0 bridgehead atoms. The lowest BCUT2D eigenvalue weighted by Gasteiger charge is -2.26. The number of nitrogens with one attached hydrogen (secondary N) is 1. The standard InChI is InChI=1S/C17H21ClN4O2/c1-17(20-15(23)10-3-4-10)6-5-11(8-17)22-12-7-14(18)19-9-13(12)21(2)16(22)24/h7,9-11H,3-6,8H2,1-2H3,(H,20,23)/t11-,17+/m1/s1/i2D3. The van der Waals surface area contributed by atoms with E-state index in [0.29, 0.717) is 18.4 Å². The summed E-state index contributed by atoms with van der Waals surface area (Å²) in [5.74, 6) is 0.189. The molecule has 2 fully saturated rings. The molecule has 24 heavy (non-hydrogen) atoms. The minimum atomic E-state index is -2.61. The summed E-state index contributed by atoms with van der Waals surface area (Å²) in [4.78, 5) is 29.1. The zero-order valence-corrected chi connectivity index (χ0v) is 14.1. The first kappa shape index (κ1) is 12.5. The number of amides is 1. The van der Waals surface area contributed by atoms with Gasteiger partial charge in [-0.1, -0.05) is 11.6 Å². The van der Waals surface area contributed by atoms with Gasteiger partial charge in [-0.3, -0.25) is 13.9 Å². The van der Waals surface area contributed by atoms with E-state index in [1.165, 1.54) is 16.8 Å². The lowest BCUT2D eigenvalue weighted by molar-refractivity contribution is -0.124. The molecule has 2 aliphatic rings. The molecule has 0 spiro atoms. The molecule has 2 heterocycles. The molecule has 0 aliphatic heterocycles. The monoisotopic (exact) mass is 351 g/mol. The van der Waals surface area contributed by atoms with Gasteiger partial charge in [0.25, 0.3) is 0 Å². The number of imidazole rings is 1. The van der Waals surface area contributed by atoms with Crippen molar-refractivity contribution in [3.63, 3.8) is 0 Å². The van der Waals surface area contributed by atoms with Gasteiger partial charge in [-0.05, 0) is 39.0 Å². The molecule has 128 valence electrons. The molecule has 1 N–H and O–H groups in total. The van der Waals surface area contributed by atoms with Crippen LogP contribution in [0.15, 0.2) is 17.1 Å². The van der Waals surface area contributed by atoms with E-state index in [9.17, 15) is 9.59 Å². The fraction of sp³-hybridized carbons (Fsp3) is 0.588. The van der Waals surface area contributed by atoms with E-state index in [2.05, 4.69) is 10.3 Å². The summed E-state index contributed by atoms with van der Waals surface area (Å²) in [5.41, 5.74) is -0.314. The number of aryl methyl sites for hydroxylation is 1. The molecule has 2 saturated carbocycles. The van der Waals surface area contributed by atoms with Crippen LogP contribution in [0, 0.1) is 5.92 Å². The summed E-state index contributed by atoms with van der Waals surface area (Å²) in [5, 5.41) is 3.32. The van der Waals surface area contributed by atoms with E-state index < -0.39 is 18.2 Å². The number of hydrogen-bond donors (Lipinski definition) is 1. The molecule has 2 aromatic rings. The number of aromatic nitrogens is 3. The lowest BCUT2D eigenvalue weighted by Crippen LogP contribution is -2.45. The summed E-state index contributed by atoms with van der Waals surface area (Å²) in [6, 6.07) is 1.31. The number of halogens is 1. The molecule has 0 radical (unpaired) electrons.